The molecule has 1 aliphatic rings. The number of nitrogens with zero attached hydrogens (tertiary/aromatic N) is 1. The summed E-state index contributed by atoms with van der Waals surface area (Å²) in [5.41, 5.74) is 10.2. The number of allylic oxidation sites excluding steroid dienone is 2. The highest BCUT2D eigenvalue weighted by atomic mass is 15.2. The predicted molar refractivity (Wildman–Crippen MR) is 123 cm³/mol. The van der Waals surface area contributed by atoms with Gasteiger partial charge in [0.2, 0.25) is 0 Å². The molecule has 0 saturated heterocycles. The van der Waals surface area contributed by atoms with Crippen molar-refractivity contribution in [2.24, 2.45) is 0 Å². The summed E-state index contributed by atoms with van der Waals surface area (Å²) in [6.07, 6.45) is 3.21. The predicted octanol–water partition coefficient (Wildman–Crippen LogP) is 7.62. The third-order valence-corrected chi connectivity index (χ3v) is 5.65. The Hall–Kier alpha value is -3.58. The fraction of sp³-hybridized carbons (Fsp3) is 0.0714. The molecular weight excluding hydrogens is 350 g/mol. The van der Waals surface area contributed by atoms with Crippen molar-refractivity contribution in [1.82, 2.24) is 0 Å². The van der Waals surface area contributed by atoms with Crippen LogP contribution in [0.4, 0.5) is 11.4 Å². The average molecular weight is 373 g/mol. The Labute approximate surface area is 172 Å². The first-order chi connectivity index (χ1) is 14.3. The second-order valence-electron chi connectivity index (χ2n) is 7.41. The van der Waals surface area contributed by atoms with Gasteiger partial charge >= 0.3 is 0 Å². The molecule has 4 aromatic rings. The Kier molecular flexibility index (Phi) is 4.50. The first-order valence-corrected chi connectivity index (χ1v) is 10.1. The maximum atomic E-state index is 2.37. The highest BCUT2D eigenvalue weighted by Gasteiger charge is 2.24. The Morgan fingerprint density at radius 2 is 1.24 bits per heavy atom. The Balaban J connectivity index is 1.49. The van der Waals surface area contributed by atoms with E-state index in [9.17, 15) is 0 Å². The number of anilines is 2. The van der Waals surface area contributed by atoms with E-state index in [1.54, 1.807) is 0 Å². The van der Waals surface area contributed by atoms with E-state index in [-0.39, 0.29) is 0 Å². The standard InChI is InChI=1S/C28H23N/c1-2-26-20-25-11-6-7-14-28(25)29(26)27-17-15-22(16-18-27)24-13-8-12-23(19-24)21-9-4-3-5-10-21/h2-19H,20H2,1H3/b26-2+. The van der Waals surface area contributed by atoms with E-state index in [1.165, 1.54) is 44.9 Å². The number of para-hydroxylation sites is 1. The third-order valence-electron chi connectivity index (χ3n) is 5.65. The number of benzene rings is 4. The molecule has 0 unspecified atom stereocenters. The molecule has 0 amide bonds. The van der Waals surface area contributed by atoms with Crippen LogP contribution in [0.2, 0.25) is 0 Å². The zero-order valence-electron chi connectivity index (χ0n) is 16.5. The monoisotopic (exact) mass is 373 g/mol. The molecule has 5 rings (SSSR count). The van der Waals surface area contributed by atoms with Crippen molar-refractivity contribution in [3.63, 3.8) is 0 Å². The van der Waals surface area contributed by atoms with Crippen LogP contribution in [0.5, 0.6) is 0 Å². The zero-order valence-corrected chi connectivity index (χ0v) is 16.5. The van der Waals surface area contributed by atoms with Gasteiger partial charge in [-0.15, -0.1) is 0 Å². The highest BCUT2D eigenvalue weighted by molar-refractivity contribution is 5.79. The third kappa shape index (κ3) is 3.25. The largest absolute Gasteiger partial charge is 0.314 e. The molecule has 1 aliphatic heterocycles. The molecule has 1 heteroatoms. The fourth-order valence-corrected chi connectivity index (χ4v) is 4.16. The lowest BCUT2D eigenvalue weighted by Crippen LogP contribution is -2.11. The molecule has 0 bridgehead atoms. The number of hydrogen-bond donors (Lipinski definition) is 0. The maximum Gasteiger partial charge on any atom is 0.0494 e. The lowest BCUT2D eigenvalue weighted by Gasteiger charge is -2.22. The summed E-state index contributed by atoms with van der Waals surface area (Å²) in [5.74, 6) is 0. The quantitative estimate of drug-likeness (QED) is 0.357. The van der Waals surface area contributed by atoms with Gasteiger partial charge in [0, 0.05) is 23.5 Å². The smallest absolute Gasteiger partial charge is 0.0494 e. The average Bonchev–Trinajstić information content (AvgIpc) is 3.18. The van der Waals surface area contributed by atoms with Gasteiger partial charge < -0.3 is 4.90 Å². The molecule has 0 radical (unpaired) electrons. The minimum atomic E-state index is 0.994. The lowest BCUT2D eigenvalue weighted by atomic mass is 9.99. The Morgan fingerprint density at radius 3 is 1.97 bits per heavy atom. The van der Waals surface area contributed by atoms with Crippen molar-refractivity contribution in [3.05, 3.63) is 120 Å². The van der Waals surface area contributed by atoms with Crippen molar-refractivity contribution in [3.8, 4) is 22.3 Å². The molecule has 0 atom stereocenters. The van der Waals surface area contributed by atoms with Crippen LogP contribution in [0.15, 0.2) is 115 Å². The van der Waals surface area contributed by atoms with Crippen molar-refractivity contribution < 1.29 is 0 Å². The van der Waals surface area contributed by atoms with E-state index in [4.69, 9.17) is 0 Å². The van der Waals surface area contributed by atoms with Crippen LogP contribution in [-0.2, 0) is 6.42 Å². The van der Waals surface area contributed by atoms with Gasteiger partial charge in [0.1, 0.15) is 0 Å². The summed E-state index contributed by atoms with van der Waals surface area (Å²) in [6, 6.07) is 36.9. The summed E-state index contributed by atoms with van der Waals surface area (Å²) >= 11 is 0. The molecule has 0 spiro atoms. The molecule has 29 heavy (non-hydrogen) atoms. The SMILES string of the molecule is C/C=C1\Cc2ccccc2N1c1ccc(-c2cccc(-c3ccccc3)c2)cc1. The van der Waals surface area contributed by atoms with Gasteiger partial charge in [0.15, 0.2) is 0 Å². The van der Waals surface area contributed by atoms with E-state index in [2.05, 4.69) is 121 Å². The molecule has 0 aromatic heterocycles. The molecule has 0 aliphatic carbocycles. The fourth-order valence-electron chi connectivity index (χ4n) is 4.16. The Bertz CT molecular complexity index is 1170. The van der Waals surface area contributed by atoms with Crippen LogP contribution in [0.3, 0.4) is 0 Å². The number of hydrogen-bond acceptors (Lipinski definition) is 1. The molecule has 0 fully saturated rings. The summed E-state index contributed by atoms with van der Waals surface area (Å²) < 4.78 is 0. The number of fused-ring (bicyclic) bond motifs is 1. The first-order valence-electron chi connectivity index (χ1n) is 10.1. The molecule has 4 aromatic carbocycles. The van der Waals surface area contributed by atoms with Gasteiger partial charge in [-0.05, 0) is 59.0 Å². The van der Waals surface area contributed by atoms with Gasteiger partial charge in [-0.3, -0.25) is 0 Å². The zero-order chi connectivity index (χ0) is 19.6. The topological polar surface area (TPSA) is 3.24 Å². The second-order valence-corrected chi connectivity index (χ2v) is 7.41. The molecule has 140 valence electrons. The van der Waals surface area contributed by atoms with E-state index in [1.807, 2.05) is 0 Å². The van der Waals surface area contributed by atoms with Crippen LogP contribution in [0, 0.1) is 0 Å². The van der Waals surface area contributed by atoms with Crippen LogP contribution in [-0.4, -0.2) is 0 Å². The maximum absolute atomic E-state index is 2.37. The summed E-state index contributed by atoms with van der Waals surface area (Å²) in [7, 11) is 0. The lowest BCUT2D eigenvalue weighted by molar-refractivity contribution is 1.14. The molecular formula is C28H23N. The van der Waals surface area contributed by atoms with Gasteiger partial charge in [-0.25, -0.2) is 0 Å². The number of rotatable bonds is 3. The Morgan fingerprint density at radius 1 is 0.621 bits per heavy atom. The van der Waals surface area contributed by atoms with Crippen molar-refractivity contribution in [2.75, 3.05) is 4.90 Å². The van der Waals surface area contributed by atoms with Crippen molar-refractivity contribution in [2.45, 2.75) is 13.3 Å². The van der Waals surface area contributed by atoms with E-state index in [0.717, 1.165) is 6.42 Å². The van der Waals surface area contributed by atoms with Gasteiger partial charge in [-0.2, -0.15) is 0 Å². The first kappa shape index (κ1) is 17.5. The van der Waals surface area contributed by atoms with E-state index >= 15 is 0 Å². The van der Waals surface area contributed by atoms with Gasteiger partial charge in [0.05, 0.1) is 0 Å². The van der Waals surface area contributed by atoms with Crippen molar-refractivity contribution >= 4 is 11.4 Å². The van der Waals surface area contributed by atoms with E-state index < -0.39 is 0 Å². The van der Waals surface area contributed by atoms with Crippen LogP contribution in [0.1, 0.15) is 12.5 Å². The van der Waals surface area contributed by atoms with E-state index in [0.29, 0.717) is 0 Å². The van der Waals surface area contributed by atoms with Gasteiger partial charge in [0.25, 0.3) is 0 Å². The minimum absolute atomic E-state index is 0.994. The minimum Gasteiger partial charge on any atom is -0.314 e. The summed E-state index contributed by atoms with van der Waals surface area (Å²) in [5, 5.41) is 0. The van der Waals surface area contributed by atoms with Crippen molar-refractivity contribution in [1.29, 1.82) is 0 Å². The van der Waals surface area contributed by atoms with Gasteiger partial charge in [-0.1, -0.05) is 84.9 Å². The van der Waals surface area contributed by atoms with Crippen LogP contribution < -0.4 is 4.90 Å². The molecule has 1 heterocycles. The summed E-state index contributed by atoms with van der Waals surface area (Å²) in [6.45, 7) is 2.12. The molecule has 0 N–H and O–H groups in total. The van der Waals surface area contributed by atoms with Crippen LogP contribution >= 0.6 is 0 Å². The highest BCUT2D eigenvalue weighted by Crippen LogP contribution is 2.40. The molecule has 1 nitrogen and oxygen atoms in total. The molecule has 0 saturated carbocycles. The van der Waals surface area contributed by atoms with Crippen LogP contribution in [0.25, 0.3) is 22.3 Å². The normalized spacial score (nSPS) is 14.2. The summed E-state index contributed by atoms with van der Waals surface area (Å²) in [4.78, 5) is 2.37. The second kappa shape index (κ2) is 7.44.